The van der Waals surface area contributed by atoms with Crippen molar-refractivity contribution in [2.45, 2.75) is 24.9 Å². The summed E-state index contributed by atoms with van der Waals surface area (Å²) >= 11 is 0. The Labute approximate surface area is 195 Å². The average molecular weight is 448 g/mol. The predicted octanol–water partition coefficient (Wildman–Crippen LogP) is 0.688. The van der Waals surface area contributed by atoms with Crippen molar-refractivity contribution in [3.05, 3.63) is 41.3 Å². The fourth-order valence-electron chi connectivity index (χ4n) is 3.49. The van der Waals surface area contributed by atoms with Gasteiger partial charge < -0.3 is 24.2 Å². The van der Waals surface area contributed by atoms with Crippen molar-refractivity contribution < 1.29 is 37.8 Å². The van der Waals surface area contributed by atoms with Gasteiger partial charge in [0, 0.05) is 14.2 Å². The maximum atomic E-state index is 12.7. The van der Waals surface area contributed by atoms with Gasteiger partial charge in [-0.25, -0.2) is 4.79 Å². The molecule has 2 aliphatic heterocycles. The number of carboxylic acid groups (broad SMARTS) is 1. The van der Waals surface area contributed by atoms with Crippen molar-refractivity contribution in [2.24, 2.45) is 0 Å². The SMILES string of the molecule is COP(=O)(OC)C1=C(C(=O)O)N2C(=O)C(NC(=O)COc3ccccc3)C2CC1.[NaH]. The molecule has 0 bridgehead atoms. The van der Waals surface area contributed by atoms with Gasteiger partial charge in [-0.05, 0) is 25.0 Å². The van der Waals surface area contributed by atoms with Gasteiger partial charge in [0.15, 0.2) is 6.61 Å². The number of para-hydroxylation sites is 1. The topological polar surface area (TPSA) is 131 Å². The second kappa shape index (κ2) is 10.1. The molecule has 30 heavy (non-hydrogen) atoms. The van der Waals surface area contributed by atoms with E-state index in [0.717, 1.165) is 19.1 Å². The molecule has 1 saturated heterocycles. The number of carbonyl (C=O) groups is 3. The number of aliphatic carboxylic acids is 1. The fraction of sp³-hybridized carbons (Fsp3) is 0.389. The molecule has 0 spiro atoms. The summed E-state index contributed by atoms with van der Waals surface area (Å²) in [5.41, 5.74) is -0.413. The Kier molecular flexibility index (Phi) is 8.27. The summed E-state index contributed by atoms with van der Waals surface area (Å²) < 4.78 is 27.8. The number of carboxylic acids is 1. The number of nitrogens with zero attached hydrogens (tertiary/aromatic N) is 1. The van der Waals surface area contributed by atoms with Crippen LogP contribution in [0, 0.1) is 0 Å². The predicted molar refractivity (Wildman–Crippen MR) is 107 cm³/mol. The van der Waals surface area contributed by atoms with Crippen molar-refractivity contribution in [2.75, 3.05) is 20.8 Å². The number of carbonyl (C=O) groups excluding carboxylic acids is 2. The van der Waals surface area contributed by atoms with Crippen molar-refractivity contribution >= 4 is 54.9 Å². The number of amides is 2. The first-order valence-corrected chi connectivity index (χ1v) is 10.4. The van der Waals surface area contributed by atoms with Gasteiger partial charge in [0.2, 0.25) is 0 Å². The normalized spacial score (nSPS) is 20.6. The number of hydrogen-bond donors (Lipinski definition) is 2. The van der Waals surface area contributed by atoms with Gasteiger partial charge in [0.25, 0.3) is 11.8 Å². The molecular formula is C18H22N2NaO8P. The molecule has 0 saturated carbocycles. The average Bonchev–Trinajstić information content (AvgIpc) is 2.74. The van der Waals surface area contributed by atoms with Crippen LogP contribution in [0.2, 0.25) is 0 Å². The third-order valence-electron chi connectivity index (χ3n) is 4.85. The van der Waals surface area contributed by atoms with Crippen LogP contribution in [-0.4, -0.2) is 90.3 Å². The Balaban J connectivity index is 0.00000320. The molecular weight excluding hydrogens is 426 g/mol. The Morgan fingerprint density at radius 3 is 2.43 bits per heavy atom. The van der Waals surface area contributed by atoms with Crippen molar-refractivity contribution in [1.82, 2.24) is 10.2 Å². The standard InChI is InChI=1S/C18H21N2O8P.Na.H/c1-26-29(25,27-2)13-9-8-12-15(17(22)20(12)16(13)18(23)24)19-14(21)10-28-11-6-4-3-5-7-11;;/h3-7,12,15H,8-10H2,1-2H3,(H,19,21)(H,23,24);;. The molecule has 1 fully saturated rings. The summed E-state index contributed by atoms with van der Waals surface area (Å²) in [5, 5.41) is 12.1. The van der Waals surface area contributed by atoms with E-state index in [9.17, 15) is 24.1 Å². The molecule has 2 atom stereocenters. The molecule has 10 nitrogen and oxygen atoms in total. The maximum absolute atomic E-state index is 12.7. The molecule has 2 heterocycles. The van der Waals surface area contributed by atoms with E-state index in [2.05, 4.69) is 5.32 Å². The van der Waals surface area contributed by atoms with Gasteiger partial charge >= 0.3 is 43.1 Å². The van der Waals surface area contributed by atoms with E-state index in [1.54, 1.807) is 24.3 Å². The Morgan fingerprint density at radius 1 is 1.23 bits per heavy atom. The van der Waals surface area contributed by atoms with Crippen LogP contribution in [0.5, 0.6) is 5.75 Å². The number of nitrogens with one attached hydrogen (secondary N) is 1. The zero-order valence-corrected chi connectivity index (χ0v) is 16.8. The molecule has 158 valence electrons. The number of fused-ring (bicyclic) bond motifs is 1. The molecule has 0 aromatic heterocycles. The van der Waals surface area contributed by atoms with Gasteiger partial charge in [-0.3, -0.25) is 19.1 Å². The molecule has 2 amide bonds. The zero-order valence-electron chi connectivity index (χ0n) is 15.9. The second-order valence-corrected chi connectivity index (χ2v) is 8.69. The van der Waals surface area contributed by atoms with Crippen molar-refractivity contribution in [1.29, 1.82) is 0 Å². The summed E-state index contributed by atoms with van der Waals surface area (Å²) in [7, 11) is -1.52. The minimum atomic E-state index is -3.82. The molecule has 12 heteroatoms. The summed E-state index contributed by atoms with van der Waals surface area (Å²) in [6.45, 7) is -0.282. The fourth-order valence-corrected chi connectivity index (χ4v) is 4.94. The minimum absolute atomic E-state index is 0. The van der Waals surface area contributed by atoms with Crippen LogP contribution in [0.25, 0.3) is 0 Å². The van der Waals surface area contributed by atoms with Crippen LogP contribution < -0.4 is 10.1 Å². The summed E-state index contributed by atoms with van der Waals surface area (Å²) in [5.74, 6) is -2.00. The number of benzene rings is 1. The third kappa shape index (κ3) is 4.64. The van der Waals surface area contributed by atoms with Crippen LogP contribution in [0.1, 0.15) is 12.8 Å². The number of allylic oxidation sites excluding steroid dienone is 1. The molecule has 0 aliphatic carbocycles. The third-order valence-corrected chi connectivity index (χ3v) is 6.91. The molecule has 1 aromatic carbocycles. The molecule has 2 unspecified atom stereocenters. The number of ether oxygens (including phenoxy) is 1. The van der Waals surface area contributed by atoms with E-state index in [-0.39, 0.29) is 47.9 Å². The van der Waals surface area contributed by atoms with Crippen LogP contribution in [0.15, 0.2) is 41.3 Å². The second-order valence-electron chi connectivity index (χ2n) is 6.42. The molecule has 3 rings (SSSR count). The molecule has 1 aromatic rings. The van der Waals surface area contributed by atoms with Crippen LogP contribution in [0.3, 0.4) is 0 Å². The molecule has 2 N–H and O–H groups in total. The van der Waals surface area contributed by atoms with Gasteiger partial charge in [-0.15, -0.1) is 0 Å². The summed E-state index contributed by atoms with van der Waals surface area (Å²) in [6, 6.07) is 7.30. The Hall–Kier alpha value is -1.68. The number of hydrogen-bond acceptors (Lipinski definition) is 7. The zero-order chi connectivity index (χ0) is 21.2. The monoisotopic (exact) mass is 448 g/mol. The van der Waals surface area contributed by atoms with E-state index < -0.39 is 43.2 Å². The van der Waals surface area contributed by atoms with Crippen molar-refractivity contribution in [3.63, 3.8) is 0 Å². The van der Waals surface area contributed by atoms with Gasteiger partial charge in [-0.1, -0.05) is 18.2 Å². The van der Waals surface area contributed by atoms with Gasteiger partial charge in [0.1, 0.15) is 17.5 Å². The van der Waals surface area contributed by atoms with Crippen LogP contribution in [-0.2, 0) is 28.0 Å². The summed E-state index contributed by atoms with van der Waals surface area (Å²) in [4.78, 5) is 37.5. The van der Waals surface area contributed by atoms with Crippen LogP contribution in [0.4, 0.5) is 0 Å². The first-order chi connectivity index (χ1) is 13.8. The summed E-state index contributed by atoms with van der Waals surface area (Å²) in [6.07, 6.45) is 0.404. The van der Waals surface area contributed by atoms with E-state index in [1.807, 2.05) is 6.07 Å². The van der Waals surface area contributed by atoms with E-state index in [4.69, 9.17) is 13.8 Å². The van der Waals surface area contributed by atoms with Crippen LogP contribution >= 0.6 is 7.60 Å². The van der Waals surface area contributed by atoms with E-state index >= 15 is 0 Å². The van der Waals surface area contributed by atoms with E-state index in [1.165, 1.54) is 0 Å². The van der Waals surface area contributed by atoms with Gasteiger partial charge in [0.05, 0.1) is 11.4 Å². The first-order valence-electron chi connectivity index (χ1n) is 8.81. The Bertz CT molecular complexity index is 899. The van der Waals surface area contributed by atoms with Gasteiger partial charge in [-0.2, -0.15) is 0 Å². The quantitative estimate of drug-likeness (QED) is 0.337. The van der Waals surface area contributed by atoms with E-state index in [0.29, 0.717) is 12.2 Å². The molecule has 0 radical (unpaired) electrons. The first kappa shape index (κ1) is 24.6. The Morgan fingerprint density at radius 2 is 1.87 bits per heavy atom. The number of rotatable bonds is 8. The number of β-lactam (4-membered cyclic amide) rings is 1. The molecule has 2 aliphatic rings. The van der Waals surface area contributed by atoms with Crippen molar-refractivity contribution in [3.8, 4) is 5.75 Å².